The molecule has 2 nitrogen and oxygen atoms in total. The molecule has 0 fully saturated rings. The van der Waals surface area contributed by atoms with E-state index in [9.17, 15) is 5.11 Å². The normalized spacial score (nSPS) is 14.0. The van der Waals surface area contributed by atoms with E-state index in [0.29, 0.717) is 12.0 Å². The van der Waals surface area contributed by atoms with E-state index in [4.69, 9.17) is 0 Å². The summed E-state index contributed by atoms with van der Waals surface area (Å²) in [5.74, 6) is 0.502. The number of nitrogens with zero attached hydrogens (tertiary/aromatic N) is 1. The average molecular weight is 328 g/mol. The van der Waals surface area contributed by atoms with Crippen molar-refractivity contribution in [3.05, 3.63) is 0 Å². The van der Waals surface area contributed by atoms with Gasteiger partial charge in [0.2, 0.25) is 0 Å². The van der Waals surface area contributed by atoms with Crippen LogP contribution in [0.4, 0.5) is 0 Å². The number of rotatable bonds is 15. The van der Waals surface area contributed by atoms with Crippen LogP contribution in [0.5, 0.6) is 0 Å². The molecule has 0 bridgehead atoms. The van der Waals surface area contributed by atoms with Crippen LogP contribution >= 0.6 is 0 Å². The first-order valence-corrected chi connectivity index (χ1v) is 10.4. The van der Waals surface area contributed by atoms with E-state index in [-0.39, 0.29) is 0 Å². The third kappa shape index (κ3) is 8.54. The van der Waals surface area contributed by atoms with Crippen molar-refractivity contribution >= 4 is 0 Å². The van der Waals surface area contributed by atoms with E-state index in [1.807, 2.05) is 0 Å². The third-order valence-corrected chi connectivity index (χ3v) is 5.10. The Kier molecular flexibility index (Phi) is 13.2. The highest BCUT2D eigenvalue weighted by molar-refractivity contribution is 4.95. The molecule has 2 heteroatoms. The first kappa shape index (κ1) is 22.9. The zero-order chi connectivity index (χ0) is 17.7. The molecule has 1 atom stereocenters. The van der Waals surface area contributed by atoms with Crippen LogP contribution < -0.4 is 0 Å². The van der Waals surface area contributed by atoms with E-state index in [0.717, 1.165) is 38.8 Å². The summed E-state index contributed by atoms with van der Waals surface area (Å²) in [6.07, 6.45) is 11.5. The summed E-state index contributed by atoms with van der Waals surface area (Å²) in [7, 11) is 0. The Bertz CT molecular complexity index is 249. The van der Waals surface area contributed by atoms with E-state index in [1.54, 1.807) is 0 Å². The Labute approximate surface area is 147 Å². The molecule has 140 valence electrons. The van der Waals surface area contributed by atoms with Gasteiger partial charge in [0.05, 0.1) is 5.60 Å². The Hall–Kier alpha value is -0.0800. The minimum Gasteiger partial charge on any atom is -0.388 e. The fourth-order valence-electron chi connectivity index (χ4n) is 3.88. The van der Waals surface area contributed by atoms with Gasteiger partial charge in [-0.15, -0.1) is 0 Å². The molecule has 0 heterocycles. The molecule has 0 saturated heterocycles. The van der Waals surface area contributed by atoms with Crippen molar-refractivity contribution < 1.29 is 5.11 Å². The molecule has 0 saturated carbocycles. The lowest BCUT2D eigenvalue weighted by atomic mass is 9.77. The van der Waals surface area contributed by atoms with Crippen molar-refractivity contribution in [3.63, 3.8) is 0 Å². The molecule has 0 aliphatic rings. The van der Waals surface area contributed by atoms with Crippen LogP contribution in [0.3, 0.4) is 0 Å². The van der Waals surface area contributed by atoms with Crippen molar-refractivity contribution in [2.45, 2.75) is 117 Å². The Morgan fingerprint density at radius 1 is 0.739 bits per heavy atom. The highest BCUT2D eigenvalue weighted by Gasteiger charge is 2.40. The van der Waals surface area contributed by atoms with Gasteiger partial charge >= 0.3 is 0 Å². The van der Waals surface area contributed by atoms with Crippen LogP contribution in [-0.2, 0) is 0 Å². The Morgan fingerprint density at radius 2 is 1.13 bits per heavy atom. The quantitative estimate of drug-likeness (QED) is 0.397. The average Bonchev–Trinajstić information content (AvgIpc) is 2.53. The molecule has 0 amide bonds. The molecule has 0 rings (SSSR count). The van der Waals surface area contributed by atoms with Crippen LogP contribution in [0, 0.1) is 5.92 Å². The molecule has 23 heavy (non-hydrogen) atoms. The van der Waals surface area contributed by atoms with Gasteiger partial charge in [-0.3, -0.25) is 4.90 Å². The van der Waals surface area contributed by atoms with Gasteiger partial charge in [-0.25, -0.2) is 0 Å². The topological polar surface area (TPSA) is 23.5 Å². The molecule has 0 aromatic rings. The fourth-order valence-corrected chi connectivity index (χ4v) is 3.88. The minimum atomic E-state index is -0.512. The lowest BCUT2D eigenvalue weighted by Crippen LogP contribution is -2.56. The molecular weight excluding hydrogens is 282 g/mol. The van der Waals surface area contributed by atoms with Gasteiger partial charge in [-0.05, 0) is 44.7 Å². The zero-order valence-electron chi connectivity index (χ0n) is 17.0. The molecule has 0 aromatic heterocycles. The first-order chi connectivity index (χ1) is 11.0. The number of hydrogen-bond donors (Lipinski definition) is 1. The molecule has 0 spiro atoms. The highest BCUT2D eigenvalue weighted by atomic mass is 16.3. The van der Waals surface area contributed by atoms with E-state index in [2.05, 4.69) is 46.4 Å². The lowest BCUT2D eigenvalue weighted by molar-refractivity contribution is -0.0807. The minimum absolute atomic E-state index is 0.304. The van der Waals surface area contributed by atoms with Gasteiger partial charge in [-0.1, -0.05) is 80.1 Å². The standard InChI is InChI=1S/C21H45NO/c1-7-11-15-21(23,16-12-8-2)20(19(5)6)22(17-13-9-3)18-14-10-4/h19-20,23H,7-18H2,1-6H3/t20-/m0/s1. The van der Waals surface area contributed by atoms with Crippen molar-refractivity contribution in [1.29, 1.82) is 0 Å². The van der Waals surface area contributed by atoms with Crippen LogP contribution in [0.15, 0.2) is 0 Å². The van der Waals surface area contributed by atoms with Crippen LogP contribution in [0.2, 0.25) is 0 Å². The predicted molar refractivity (Wildman–Crippen MR) is 104 cm³/mol. The van der Waals surface area contributed by atoms with Crippen LogP contribution in [-0.4, -0.2) is 34.7 Å². The van der Waals surface area contributed by atoms with E-state index >= 15 is 0 Å². The smallest absolute Gasteiger partial charge is 0.0804 e. The first-order valence-electron chi connectivity index (χ1n) is 10.4. The molecule has 0 aliphatic carbocycles. The summed E-state index contributed by atoms with van der Waals surface area (Å²) in [5, 5.41) is 11.6. The van der Waals surface area contributed by atoms with Crippen LogP contribution in [0.25, 0.3) is 0 Å². The molecule has 0 aromatic carbocycles. The van der Waals surface area contributed by atoms with Gasteiger partial charge in [0.1, 0.15) is 0 Å². The summed E-state index contributed by atoms with van der Waals surface area (Å²) >= 11 is 0. The number of aliphatic hydroxyl groups is 1. The summed E-state index contributed by atoms with van der Waals surface area (Å²) in [6, 6.07) is 0.304. The Balaban J connectivity index is 5.31. The highest BCUT2D eigenvalue weighted by Crippen LogP contribution is 2.33. The molecule has 0 aliphatic heterocycles. The van der Waals surface area contributed by atoms with Gasteiger partial charge in [0, 0.05) is 6.04 Å². The monoisotopic (exact) mass is 327 g/mol. The maximum absolute atomic E-state index is 11.6. The lowest BCUT2D eigenvalue weighted by Gasteiger charge is -2.46. The molecular formula is C21H45NO. The largest absolute Gasteiger partial charge is 0.388 e. The fraction of sp³-hybridized carbons (Fsp3) is 1.00. The van der Waals surface area contributed by atoms with Crippen molar-refractivity contribution in [2.24, 2.45) is 5.92 Å². The van der Waals surface area contributed by atoms with Crippen LogP contribution in [0.1, 0.15) is 106 Å². The van der Waals surface area contributed by atoms with Gasteiger partial charge in [0.25, 0.3) is 0 Å². The van der Waals surface area contributed by atoms with E-state index < -0.39 is 5.60 Å². The number of hydrogen-bond acceptors (Lipinski definition) is 2. The second-order valence-electron chi connectivity index (χ2n) is 7.74. The predicted octanol–water partition coefficient (Wildman–Crippen LogP) is 6.02. The summed E-state index contributed by atoms with van der Waals surface area (Å²) in [5.41, 5.74) is -0.512. The zero-order valence-corrected chi connectivity index (χ0v) is 17.0. The van der Waals surface area contributed by atoms with Crippen molar-refractivity contribution in [1.82, 2.24) is 4.90 Å². The van der Waals surface area contributed by atoms with Gasteiger partial charge in [0.15, 0.2) is 0 Å². The summed E-state index contributed by atoms with van der Waals surface area (Å²) in [6.45, 7) is 15.9. The van der Waals surface area contributed by atoms with Crippen molar-refractivity contribution in [3.8, 4) is 0 Å². The summed E-state index contributed by atoms with van der Waals surface area (Å²) < 4.78 is 0. The third-order valence-electron chi connectivity index (χ3n) is 5.10. The molecule has 0 radical (unpaired) electrons. The van der Waals surface area contributed by atoms with Gasteiger partial charge < -0.3 is 5.11 Å². The molecule has 0 unspecified atom stereocenters. The van der Waals surface area contributed by atoms with Gasteiger partial charge in [-0.2, -0.15) is 0 Å². The maximum atomic E-state index is 11.6. The Morgan fingerprint density at radius 3 is 1.43 bits per heavy atom. The molecule has 1 N–H and O–H groups in total. The SMILES string of the molecule is CCCCN(CCCC)[C@@H](C(C)C)C(O)(CCCC)CCCC. The van der Waals surface area contributed by atoms with Crippen molar-refractivity contribution in [2.75, 3.05) is 13.1 Å². The summed E-state index contributed by atoms with van der Waals surface area (Å²) in [4.78, 5) is 2.63. The number of unbranched alkanes of at least 4 members (excludes halogenated alkanes) is 4. The maximum Gasteiger partial charge on any atom is 0.0804 e. The second-order valence-corrected chi connectivity index (χ2v) is 7.74. The second kappa shape index (κ2) is 13.2. The van der Waals surface area contributed by atoms with E-state index in [1.165, 1.54) is 38.5 Å².